The smallest absolute Gasteiger partial charge is 0.137 e. The zero-order chi connectivity index (χ0) is 14.8. The van der Waals surface area contributed by atoms with Gasteiger partial charge in [0.05, 0.1) is 11.4 Å². The summed E-state index contributed by atoms with van der Waals surface area (Å²) in [6, 6.07) is 16.7. The minimum absolute atomic E-state index is 0. The largest absolute Gasteiger partial charge is 0.314 e. The van der Waals surface area contributed by atoms with Crippen LogP contribution >= 0.6 is 37.2 Å². The van der Waals surface area contributed by atoms with Gasteiger partial charge in [0.1, 0.15) is 5.65 Å². The fourth-order valence-electron chi connectivity index (χ4n) is 3.11. The number of hydrogen-bond acceptors (Lipinski definition) is 3. The molecule has 7 heteroatoms. The fraction of sp³-hybridized carbons (Fsp3) is 0.278. The number of nitrogens with one attached hydrogen (secondary N) is 1. The molecule has 0 radical (unpaired) electrons. The Hall–Kier alpha value is -1.30. The Morgan fingerprint density at radius 3 is 2.28 bits per heavy atom. The van der Waals surface area contributed by atoms with Crippen LogP contribution in [0.15, 0.2) is 54.7 Å². The summed E-state index contributed by atoms with van der Waals surface area (Å²) in [4.78, 5) is 7.37. The number of rotatable bonds is 3. The topological polar surface area (TPSA) is 32.6 Å². The van der Waals surface area contributed by atoms with E-state index in [0.717, 1.165) is 44.1 Å². The molecule has 3 aromatic rings. The van der Waals surface area contributed by atoms with E-state index in [-0.39, 0.29) is 37.2 Å². The van der Waals surface area contributed by atoms with E-state index >= 15 is 0 Å². The average molecular weight is 402 g/mol. The Morgan fingerprint density at radius 2 is 1.56 bits per heavy atom. The van der Waals surface area contributed by atoms with Crippen LogP contribution in [0.3, 0.4) is 0 Å². The molecule has 3 heterocycles. The summed E-state index contributed by atoms with van der Waals surface area (Å²) in [5, 5.41) is 3.41. The van der Waals surface area contributed by atoms with E-state index in [0.29, 0.717) is 0 Å². The van der Waals surface area contributed by atoms with Crippen molar-refractivity contribution in [3.8, 4) is 11.3 Å². The van der Waals surface area contributed by atoms with Gasteiger partial charge in [-0.25, -0.2) is 4.98 Å². The number of aromatic nitrogens is 2. The minimum Gasteiger partial charge on any atom is -0.314 e. The lowest BCUT2D eigenvalue weighted by Crippen LogP contribution is -2.43. The maximum absolute atomic E-state index is 4.87. The highest BCUT2D eigenvalue weighted by Gasteiger charge is 2.18. The molecule has 0 atom stereocenters. The number of nitrogens with zero attached hydrogens (tertiary/aromatic N) is 3. The summed E-state index contributed by atoms with van der Waals surface area (Å²) in [5.41, 5.74) is 4.59. The zero-order valence-electron chi connectivity index (χ0n) is 13.8. The van der Waals surface area contributed by atoms with Crippen LogP contribution < -0.4 is 5.32 Å². The third-order valence-corrected chi connectivity index (χ3v) is 4.26. The summed E-state index contributed by atoms with van der Waals surface area (Å²) in [6.45, 7) is 5.26. The van der Waals surface area contributed by atoms with Crippen LogP contribution in [0.4, 0.5) is 0 Å². The van der Waals surface area contributed by atoms with E-state index in [1.54, 1.807) is 0 Å². The van der Waals surface area contributed by atoms with E-state index in [1.807, 2.05) is 6.07 Å². The van der Waals surface area contributed by atoms with Crippen LogP contribution in [-0.4, -0.2) is 40.5 Å². The Kier molecular flexibility index (Phi) is 8.69. The molecular weight excluding hydrogens is 379 g/mol. The molecule has 1 saturated heterocycles. The first-order chi connectivity index (χ1) is 10.9. The number of fused-ring (bicyclic) bond motifs is 1. The summed E-state index contributed by atoms with van der Waals surface area (Å²) in [5.74, 6) is 0. The van der Waals surface area contributed by atoms with Crippen LogP contribution in [-0.2, 0) is 6.54 Å². The zero-order valence-corrected chi connectivity index (χ0v) is 16.2. The van der Waals surface area contributed by atoms with Crippen molar-refractivity contribution in [3.63, 3.8) is 0 Å². The first-order valence-electron chi connectivity index (χ1n) is 7.86. The third-order valence-electron chi connectivity index (χ3n) is 4.26. The summed E-state index contributed by atoms with van der Waals surface area (Å²) in [7, 11) is 0. The van der Waals surface area contributed by atoms with E-state index < -0.39 is 0 Å². The second kappa shape index (κ2) is 10.00. The Bertz CT molecular complexity index is 770. The molecule has 2 aromatic heterocycles. The lowest BCUT2D eigenvalue weighted by molar-refractivity contribution is 0.230. The monoisotopic (exact) mass is 400 g/mol. The molecule has 0 aliphatic carbocycles. The molecule has 4 rings (SSSR count). The van der Waals surface area contributed by atoms with Crippen molar-refractivity contribution in [1.82, 2.24) is 19.6 Å². The molecule has 0 amide bonds. The second-order valence-corrected chi connectivity index (χ2v) is 5.73. The number of halogens is 3. The average Bonchev–Trinajstić information content (AvgIpc) is 2.95. The van der Waals surface area contributed by atoms with Gasteiger partial charge >= 0.3 is 0 Å². The number of benzene rings is 1. The molecule has 4 nitrogen and oxygen atoms in total. The highest BCUT2D eigenvalue weighted by molar-refractivity contribution is 5.86. The standard InChI is InChI=1S/C18H20N4.3ClH/c1-2-6-15(7-3-1)18-16(14-21-12-9-19-10-13-21)22-11-5-4-8-17(22)20-18;;;/h1-8,11,19H,9-10,12-14H2;3*1H. The SMILES string of the molecule is Cl.Cl.Cl.c1ccc(-c2nc3ccccn3c2CN2CCNCC2)cc1. The number of pyridine rings is 1. The van der Waals surface area contributed by atoms with Crippen molar-refractivity contribution in [2.24, 2.45) is 0 Å². The van der Waals surface area contributed by atoms with Crippen molar-refractivity contribution in [1.29, 1.82) is 0 Å². The van der Waals surface area contributed by atoms with Gasteiger partial charge in [-0.3, -0.25) is 4.90 Å². The lowest BCUT2D eigenvalue weighted by Gasteiger charge is -2.27. The molecular formula is C18H23Cl3N4. The van der Waals surface area contributed by atoms with E-state index in [1.165, 1.54) is 11.3 Å². The van der Waals surface area contributed by atoms with E-state index in [9.17, 15) is 0 Å². The molecule has 1 aromatic carbocycles. The van der Waals surface area contributed by atoms with Gasteiger partial charge in [0, 0.05) is 44.5 Å². The van der Waals surface area contributed by atoms with Gasteiger partial charge in [0.2, 0.25) is 0 Å². The summed E-state index contributed by atoms with van der Waals surface area (Å²) >= 11 is 0. The van der Waals surface area contributed by atoms with Crippen molar-refractivity contribution in [3.05, 3.63) is 60.4 Å². The Balaban J connectivity index is 0.00000104. The van der Waals surface area contributed by atoms with E-state index in [4.69, 9.17) is 4.98 Å². The molecule has 25 heavy (non-hydrogen) atoms. The molecule has 0 saturated carbocycles. The number of piperazine rings is 1. The van der Waals surface area contributed by atoms with Crippen molar-refractivity contribution < 1.29 is 0 Å². The van der Waals surface area contributed by atoms with Crippen molar-refractivity contribution in [2.75, 3.05) is 26.2 Å². The first-order valence-corrected chi connectivity index (χ1v) is 7.86. The highest BCUT2D eigenvalue weighted by Crippen LogP contribution is 2.25. The predicted octanol–water partition coefficient (Wildman–Crippen LogP) is 3.67. The van der Waals surface area contributed by atoms with Crippen LogP contribution in [0.2, 0.25) is 0 Å². The van der Waals surface area contributed by atoms with Crippen LogP contribution in [0, 0.1) is 0 Å². The van der Waals surface area contributed by atoms with Gasteiger partial charge in [0.15, 0.2) is 0 Å². The fourth-order valence-corrected chi connectivity index (χ4v) is 3.11. The molecule has 0 unspecified atom stereocenters. The quantitative estimate of drug-likeness (QED) is 0.727. The molecule has 0 spiro atoms. The van der Waals surface area contributed by atoms with Gasteiger partial charge in [-0.1, -0.05) is 36.4 Å². The maximum Gasteiger partial charge on any atom is 0.137 e. The van der Waals surface area contributed by atoms with Gasteiger partial charge < -0.3 is 9.72 Å². The van der Waals surface area contributed by atoms with Gasteiger partial charge in [0.25, 0.3) is 0 Å². The Labute approximate surface area is 166 Å². The highest BCUT2D eigenvalue weighted by atomic mass is 35.5. The first kappa shape index (κ1) is 21.7. The van der Waals surface area contributed by atoms with Gasteiger partial charge in [-0.05, 0) is 12.1 Å². The normalized spacial score (nSPS) is 14.2. The molecule has 1 aliphatic heterocycles. The molecule has 1 N–H and O–H groups in total. The molecule has 1 aliphatic rings. The molecule has 136 valence electrons. The lowest BCUT2D eigenvalue weighted by atomic mass is 10.1. The Morgan fingerprint density at radius 1 is 0.880 bits per heavy atom. The van der Waals surface area contributed by atoms with Crippen LogP contribution in [0.25, 0.3) is 16.9 Å². The number of hydrogen-bond donors (Lipinski definition) is 1. The minimum atomic E-state index is 0. The van der Waals surface area contributed by atoms with Crippen molar-refractivity contribution >= 4 is 42.9 Å². The predicted molar refractivity (Wildman–Crippen MR) is 111 cm³/mol. The van der Waals surface area contributed by atoms with Crippen LogP contribution in [0.5, 0.6) is 0 Å². The second-order valence-electron chi connectivity index (χ2n) is 5.73. The maximum atomic E-state index is 4.87. The third kappa shape index (κ3) is 4.66. The van der Waals surface area contributed by atoms with Crippen LogP contribution in [0.1, 0.15) is 5.69 Å². The molecule has 0 bridgehead atoms. The van der Waals surface area contributed by atoms with Crippen molar-refractivity contribution in [2.45, 2.75) is 6.54 Å². The summed E-state index contributed by atoms with van der Waals surface area (Å²) in [6.07, 6.45) is 2.12. The van der Waals surface area contributed by atoms with Gasteiger partial charge in [-0.15, -0.1) is 37.2 Å². The van der Waals surface area contributed by atoms with E-state index in [2.05, 4.69) is 63.3 Å². The summed E-state index contributed by atoms with van der Waals surface area (Å²) < 4.78 is 2.23. The van der Waals surface area contributed by atoms with Gasteiger partial charge in [-0.2, -0.15) is 0 Å². The number of imidazole rings is 1. The molecule has 1 fully saturated rings.